The van der Waals surface area contributed by atoms with Crippen molar-refractivity contribution in [2.24, 2.45) is 5.92 Å². The molecule has 1 aliphatic heterocycles. The van der Waals surface area contributed by atoms with Crippen LogP contribution < -0.4 is 0 Å². The lowest BCUT2D eigenvalue weighted by Gasteiger charge is -2.31. The van der Waals surface area contributed by atoms with Crippen LogP contribution in [0.2, 0.25) is 0 Å². The van der Waals surface area contributed by atoms with Crippen molar-refractivity contribution in [3.05, 3.63) is 35.9 Å². The summed E-state index contributed by atoms with van der Waals surface area (Å²) in [6, 6.07) is 10.3. The molecule has 0 radical (unpaired) electrons. The molecule has 0 spiro atoms. The third kappa shape index (κ3) is 4.07. The standard InChI is InChI=1S/C17H25NO2/c1-3-16-13-15(10-12-20-16)17(19)18(2)11-9-14-7-5-4-6-8-14/h4-8,15-16H,3,9-13H2,1-2H3. The molecule has 110 valence electrons. The van der Waals surface area contributed by atoms with E-state index in [0.717, 1.165) is 38.8 Å². The molecule has 2 unspecified atom stereocenters. The molecular formula is C17H25NO2. The number of ether oxygens (including phenoxy) is 1. The summed E-state index contributed by atoms with van der Waals surface area (Å²) in [7, 11) is 1.92. The normalized spacial score (nSPS) is 22.5. The second-order valence-corrected chi connectivity index (χ2v) is 5.62. The Morgan fingerprint density at radius 2 is 2.10 bits per heavy atom. The van der Waals surface area contributed by atoms with E-state index in [2.05, 4.69) is 19.1 Å². The average molecular weight is 275 g/mol. The van der Waals surface area contributed by atoms with Gasteiger partial charge >= 0.3 is 0 Å². The summed E-state index contributed by atoms with van der Waals surface area (Å²) in [5.41, 5.74) is 1.28. The van der Waals surface area contributed by atoms with E-state index < -0.39 is 0 Å². The van der Waals surface area contributed by atoms with Crippen molar-refractivity contribution in [1.29, 1.82) is 0 Å². The third-order valence-electron chi connectivity index (χ3n) is 4.13. The molecule has 3 nitrogen and oxygen atoms in total. The highest BCUT2D eigenvalue weighted by molar-refractivity contribution is 5.78. The lowest BCUT2D eigenvalue weighted by atomic mass is 9.93. The molecular weight excluding hydrogens is 250 g/mol. The summed E-state index contributed by atoms with van der Waals surface area (Å²) in [5.74, 6) is 0.428. The molecule has 0 aliphatic carbocycles. The Labute approximate surface area is 121 Å². The van der Waals surface area contributed by atoms with Gasteiger partial charge in [-0.15, -0.1) is 0 Å². The predicted octanol–water partition coefficient (Wildman–Crippen LogP) is 2.89. The number of benzene rings is 1. The first-order valence-electron chi connectivity index (χ1n) is 7.61. The zero-order valence-electron chi connectivity index (χ0n) is 12.5. The molecule has 1 saturated heterocycles. The number of carbonyl (C=O) groups excluding carboxylic acids is 1. The Hall–Kier alpha value is -1.35. The van der Waals surface area contributed by atoms with Gasteiger partial charge in [-0.25, -0.2) is 0 Å². The Balaban J connectivity index is 1.82. The number of carbonyl (C=O) groups is 1. The highest BCUT2D eigenvalue weighted by atomic mass is 16.5. The van der Waals surface area contributed by atoms with Crippen molar-refractivity contribution in [3.63, 3.8) is 0 Å². The van der Waals surface area contributed by atoms with Crippen LogP contribution in [0.25, 0.3) is 0 Å². The van der Waals surface area contributed by atoms with E-state index in [1.165, 1.54) is 5.56 Å². The van der Waals surface area contributed by atoms with E-state index in [1.807, 2.05) is 30.1 Å². The topological polar surface area (TPSA) is 29.5 Å². The quantitative estimate of drug-likeness (QED) is 0.827. The molecule has 0 N–H and O–H groups in total. The van der Waals surface area contributed by atoms with E-state index in [0.29, 0.717) is 0 Å². The fourth-order valence-corrected chi connectivity index (χ4v) is 2.75. The zero-order valence-corrected chi connectivity index (χ0v) is 12.5. The molecule has 1 aromatic carbocycles. The first kappa shape index (κ1) is 15.0. The van der Waals surface area contributed by atoms with Crippen LogP contribution in [0, 0.1) is 5.92 Å². The largest absolute Gasteiger partial charge is 0.378 e. The van der Waals surface area contributed by atoms with Crippen molar-refractivity contribution in [1.82, 2.24) is 4.90 Å². The van der Waals surface area contributed by atoms with Crippen LogP contribution in [0.1, 0.15) is 31.7 Å². The van der Waals surface area contributed by atoms with Crippen LogP contribution in [0.4, 0.5) is 0 Å². The molecule has 2 atom stereocenters. The third-order valence-corrected chi connectivity index (χ3v) is 4.13. The van der Waals surface area contributed by atoms with E-state index in [1.54, 1.807) is 0 Å². The van der Waals surface area contributed by atoms with Gasteiger partial charge in [-0.1, -0.05) is 37.3 Å². The number of likely N-dealkylation sites (N-methyl/N-ethyl adjacent to an activating group) is 1. The smallest absolute Gasteiger partial charge is 0.225 e. The molecule has 3 heteroatoms. The first-order chi connectivity index (χ1) is 9.70. The summed E-state index contributed by atoms with van der Waals surface area (Å²) in [4.78, 5) is 14.3. The van der Waals surface area contributed by atoms with Gasteiger partial charge in [0, 0.05) is 26.1 Å². The molecule has 0 aromatic heterocycles. The number of amides is 1. The minimum atomic E-state index is 0.148. The highest BCUT2D eigenvalue weighted by Crippen LogP contribution is 2.23. The minimum Gasteiger partial charge on any atom is -0.378 e. The molecule has 1 fully saturated rings. The molecule has 1 aromatic rings. The maximum absolute atomic E-state index is 12.5. The summed E-state index contributed by atoms with van der Waals surface area (Å²) in [6.45, 7) is 3.63. The second-order valence-electron chi connectivity index (χ2n) is 5.62. The van der Waals surface area contributed by atoms with Gasteiger partial charge < -0.3 is 9.64 Å². The number of nitrogens with zero attached hydrogens (tertiary/aromatic N) is 1. The van der Waals surface area contributed by atoms with Gasteiger partial charge in [0.05, 0.1) is 6.10 Å². The van der Waals surface area contributed by atoms with E-state index >= 15 is 0 Å². The maximum atomic E-state index is 12.5. The predicted molar refractivity (Wildman–Crippen MR) is 80.5 cm³/mol. The molecule has 1 amide bonds. The average Bonchev–Trinajstić information content (AvgIpc) is 2.53. The Morgan fingerprint density at radius 3 is 2.80 bits per heavy atom. The highest BCUT2D eigenvalue weighted by Gasteiger charge is 2.28. The van der Waals surface area contributed by atoms with Gasteiger partial charge in [0.1, 0.15) is 0 Å². The number of hydrogen-bond donors (Lipinski definition) is 0. The molecule has 20 heavy (non-hydrogen) atoms. The number of rotatable bonds is 5. The first-order valence-corrected chi connectivity index (χ1v) is 7.61. The van der Waals surface area contributed by atoms with Gasteiger partial charge in [-0.05, 0) is 31.2 Å². The Bertz CT molecular complexity index is 418. The van der Waals surface area contributed by atoms with Gasteiger partial charge in [-0.2, -0.15) is 0 Å². The summed E-state index contributed by atoms with van der Waals surface area (Å²) in [5, 5.41) is 0. The van der Waals surface area contributed by atoms with E-state index in [4.69, 9.17) is 4.74 Å². The van der Waals surface area contributed by atoms with Crippen LogP contribution in [0.5, 0.6) is 0 Å². The fourth-order valence-electron chi connectivity index (χ4n) is 2.75. The van der Waals surface area contributed by atoms with Crippen molar-refractivity contribution in [2.45, 2.75) is 38.7 Å². The summed E-state index contributed by atoms with van der Waals surface area (Å²) >= 11 is 0. The van der Waals surface area contributed by atoms with Gasteiger partial charge in [-0.3, -0.25) is 4.79 Å². The van der Waals surface area contributed by atoms with Gasteiger partial charge in [0.25, 0.3) is 0 Å². The molecule has 0 saturated carbocycles. The minimum absolute atomic E-state index is 0.148. The molecule has 0 bridgehead atoms. The van der Waals surface area contributed by atoms with Gasteiger partial charge in [0.15, 0.2) is 0 Å². The van der Waals surface area contributed by atoms with E-state index in [9.17, 15) is 4.79 Å². The molecule has 1 aliphatic rings. The van der Waals surface area contributed by atoms with Crippen LogP contribution in [0.15, 0.2) is 30.3 Å². The van der Waals surface area contributed by atoms with Crippen molar-refractivity contribution >= 4 is 5.91 Å². The second kappa shape index (κ2) is 7.44. The Kier molecular flexibility index (Phi) is 5.60. The van der Waals surface area contributed by atoms with Crippen LogP contribution in [-0.4, -0.2) is 37.1 Å². The monoisotopic (exact) mass is 275 g/mol. The van der Waals surface area contributed by atoms with Crippen LogP contribution in [0.3, 0.4) is 0 Å². The van der Waals surface area contributed by atoms with Crippen LogP contribution in [-0.2, 0) is 16.0 Å². The van der Waals surface area contributed by atoms with Crippen molar-refractivity contribution in [3.8, 4) is 0 Å². The summed E-state index contributed by atoms with van der Waals surface area (Å²) in [6.07, 6.45) is 3.93. The molecule has 1 heterocycles. The summed E-state index contributed by atoms with van der Waals surface area (Å²) < 4.78 is 5.65. The fraction of sp³-hybridized carbons (Fsp3) is 0.588. The molecule has 2 rings (SSSR count). The van der Waals surface area contributed by atoms with Crippen molar-refractivity contribution < 1.29 is 9.53 Å². The lowest BCUT2D eigenvalue weighted by molar-refractivity contribution is -0.139. The SMILES string of the molecule is CCC1CC(C(=O)N(C)CCc2ccccc2)CCO1. The van der Waals surface area contributed by atoms with Gasteiger partial charge in [0.2, 0.25) is 5.91 Å². The lowest BCUT2D eigenvalue weighted by Crippen LogP contribution is -2.39. The van der Waals surface area contributed by atoms with Crippen molar-refractivity contribution in [2.75, 3.05) is 20.2 Å². The van der Waals surface area contributed by atoms with E-state index in [-0.39, 0.29) is 17.9 Å². The zero-order chi connectivity index (χ0) is 14.4. The maximum Gasteiger partial charge on any atom is 0.225 e. The van der Waals surface area contributed by atoms with Crippen LogP contribution >= 0.6 is 0 Å². The Morgan fingerprint density at radius 1 is 1.35 bits per heavy atom. The number of hydrogen-bond acceptors (Lipinski definition) is 2.